The van der Waals surface area contributed by atoms with Crippen molar-refractivity contribution in [3.8, 4) is 0 Å². The van der Waals surface area contributed by atoms with Gasteiger partial charge in [0.15, 0.2) is 0 Å². The molecule has 1 aromatic heterocycles. The van der Waals surface area contributed by atoms with Crippen molar-refractivity contribution >= 4 is 22.9 Å². The first-order valence-electron chi connectivity index (χ1n) is 5.93. The molecule has 1 aliphatic carbocycles. The van der Waals surface area contributed by atoms with Crippen LogP contribution in [0.2, 0.25) is 0 Å². The largest absolute Gasteiger partial charge is 0.293 e. The smallest absolute Gasteiger partial charge is 0.107 e. The van der Waals surface area contributed by atoms with Crippen molar-refractivity contribution in [3.05, 3.63) is 15.6 Å². The molecule has 0 N–H and O–H groups in total. The molecule has 1 heterocycles. The number of aryl methyl sites for hydroxylation is 2. The Morgan fingerprint density at radius 1 is 1.44 bits per heavy atom. The molecule has 0 amide bonds. The van der Waals surface area contributed by atoms with Gasteiger partial charge in [0.1, 0.15) is 5.01 Å². The molecule has 0 unspecified atom stereocenters. The molecule has 2 rings (SSSR count). The third-order valence-electron chi connectivity index (χ3n) is 3.37. The highest BCUT2D eigenvalue weighted by Crippen LogP contribution is 2.27. The topological polar surface area (TPSA) is 16.1 Å². The minimum absolute atomic E-state index is 0.722. The SMILES string of the molecule is Cc1nc(CN(CCCl)C2CCC2)sc1C. The summed E-state index contributed by atoms with van der Waals surface area (Å²) in [5.74, 6) is 0.722. The predicted octanol–water partition coefficient (Wildman–Crippen LogP) is 3.35. The van der Waals surface area contributed by atoms with Gasteiger partial charge in [0, 0.05) is 23.3 Å². The van der Waals surface area contributed by atoms with Crippen molar-refractivity contribution in [2.24, 2.45) is 0 Å². The summed E-state index contributed by atoms with van der Waals surface area (Å²) >= 11 is 7.69. The zero-order chi connectivity index (χ0) is 11.5. The van der Waals surface area contributed by atoms with E-state index in [0.717, 1.165) is 25.0 Å². The van der Waals surface area contributed by atoms with E-state index in [1.165, 1.54) is 34.8 Å². The summed E-state index contributed by atoms with van der Waals surface area (Å²) in [6, 6.07) is 0.753. The highest BCUT2D eigenvalue weighted by molar-refractivity contribution is 7.11. The molecule has 1 fully saturated rings. The van der Waals surface area contributed by atoms with Crippen LogP contribution in [0.5, 0.6) is 0 Å². The van der Waals surface area contributed by atoms with Gasteiger partial charge in [-0.15, -0.1) is 22.9 Å². The van der Waals surface area contributed by atoms with Crippen LogP contribution in [0.3, 0.4) is 0 Å². The molecule has 0 saturated heterocycles. The Kier molecular flexibility index (Phi) is 4.22. The molecule has 1 aromatic rings. The fourth-order valence-electron chi connectivity index (χ4n) is 2.03. The van der Waals surface area contributed by atoms with Gasteiger partial charge in [0.25, 0.3) is 0 Å². The van der Waals surface area contributed by atoms with E-state index < -0.39 is 0 Å². The number of hydrogen-bond acceptors (Lipinski definition) is 3. The average molecular weight is 259 g/mol. The van der Waals surface area contributed by atoms with Crippen LogP contribution in [0, 0.1) is 13.8 Å². The quantitative estimate of drug-likeness (QED) is 0.753. The maximum atomic E-state index is 5.87. The van der Waals surface area contributed by atoms with Crippen LogP contribution in [0.4, 0.5) is 0 Å². The molecule has 90 valence electrons. The third-order valence-corrected chi connectivity index (χ3v) is 4.60. The van der Waals surface area contributed by atoms with E-state index in [0.29, 0.717) is 0 Å². The molecule has 0 radical (unpaired) electrons. The van der Waals surface area contributed by atoms with E-state index in [1.807, 2.05) is 11.3 Å². The van der Waals surface area contributed by atoms with Gasteiger partial charge in [-0.25, -0.2) is 4.98 Å². The van der Waals surface area contributed by atoms with Crippen LogP contribution in [-0.4, -0.2) is 28.4 Å². The monoisotopic (exact) mass is 258 g/mol. The molecule has 0 aliphatic heterocycles. The van der Waals surface area contributed by atoms with Crippen LogP contribution in [0.1, 0.15) is 34.8 Å². The molecule has 0 spiro atoms. The summed E-state index contributed by atoms with van der Waals surface area (Å²) < 4.78 is 0. The molecule has 0 aromatic carbocycles. The summed E-state index contributed by atoms with van der Waals surface area (Å²) in [4.78, 5) is 8.44. The first-order chi connectivity index (χ1) is 7.70. The number of rotatable bonds is 5. The molecule has 0 bridgehead atoms. The second-order valence-electron chi connectivity index (χ2n) is 4.49. The lowest BCUT2D eigenvalue weighted by Crippen LogP contribution is -2.40. The van der Waals surface area contributed by atoms with E-state index >= 15 is 0 Å². The summed E-state index contributed by atoms with van der Waals surface area (Å²) in [5.41, 5.74) is 1.18. The van der Waals surface area contributed by atoms with Gasteiger partial charge in [-0.1, -0.05) is 6.42 Å². The zero-order valence-electron chi connectivity index (χ0n) is 10.0. The van der Waals surface area contributed by atoms with E-state index in [4.69, 9.17) is 11.6 Å². The van der Waals surface area contributed by atoms with Gasteiger partial charge < -0.3 is 0 Å². The van der Waals surface area contributed by atoms with E-state index in [-0.39, 0.29) is 0 Å². The maximum absolute atomic E-state index is 5.87. The highest BCUT2D eigenvalue weighted by Gasteiger charge is 2.25. The Hall–Kier alpha value is -0.120. The Morgan fingerprint density at radius 3 is 2.62 bits per heavy atom. The molecular formula is C12H19ClN2S. The van der Waals surface area contributed by atoms with Gasteiger partial charge in [-0.2, -0.15) is 0 Å². The Balaban J connectivity index is 1.98. The second kappa shape index (κ2) is 5.48. The molecule has 2 nitrogen and oxygen atoms in total. The fraction of sp³-hybridized carbons (Fsp3) is 0.750. The minimum Gasteiger partial charge on any atom is -0.293 e. The lowest BCUT2D eigenvalue weighted by molar-refractivity contribution is 0.127. The number of halogens is 1. The molecular weight excluding hydrogens is 240 g/mol. The Labute approximate surface area is 107 Å². The van der Waals surface area contributed by atoms with E-state index in [1.54, 1.807) is 0 Å². The maximum Gasteiger partial charge on any atom is 0.107 e. The molecule has 16 heavy (non-hydrogen) atoms. The van der Waals surface area contributed by atoms with Crippen molar-refractivity contribution in [2.45, 2.75) is 45.7 Å². The summed E-state index contributed by atoms with van der Waals surface area (Å²) in [6.45, 7) is 6.21. The molecule has 1 saturated carbocycles. The van der Waals surface area contributed by atoms with Gasteiger partial charge in [0.2, 0.25) is 0 Å². The van der Waals surface area contributed by atoms with Gasteiger partial charge >= 0.3 is 0 Å². The van der Waals surface area contributed by atoms with Crippen molar-refractivity contribution in [2.75, 3.05) is 12.4 Å². The summed E-state index contributed by atoms with van der Waals surface area (Å²) in [5, 5.41) is 1.24. The van der Waals surface area contributed by atoms with Crippen molar-refractivity contribution in [1.82, 2.24) is 9.88 Å². The lowest BCUT2D eigenvalue weighted by atomic mass is 9.91. The van der Waals surface area contributed by atoms with Crippen LogP contribution >= 0.6 is 22.9 Å². The van der Waals surface area contributed by atoms with Gasteiger partial charge in [-0.3, -0.25) is 4.90 Å². The number of alkyl halides is 1. The minimum atomic E-state index is 0.722. The first kappa shape index (κ1) is 12.3. The fourth-order valence-corrected chi connectivity index (χ4v) is 3.21. The van der Waals surface area contributed by atoms with Gasteiger partial charge in [0.05, 0.1) is 12.2 Å². The Bertz CT molecular complexity index is 327. The van der Waals surface area contributed by atoms with Crippen molar-refractivity contribution in [3.63, 3.8) is 0 Å². The normalized spacial score (nSPS) is 16.8. The van der Waals surface area contributed by atoms with Crippen LogP contribution < -0.4 is 0 Å². The lowest BCUT2D eigenvalue weighted by Gasteiger charge is -2.36. The van der Waals surface area contributed by atoms with Crippen LogP contribution in [0.25, 0.3) is 0 Å². The van der Waals surface area contributed by atoms with Gasteiger partial charge in [-0.05, 0) is 26.7 Å². The van der Waals surface area contributed by atoms with Crippen LogP contribution in [-0.2, 0) is 6.54 Å². The van der Waals surface area contributed by atoms with E-state index in [9.17, 15) is 0 Å². The standard InChI is InChI=1S/C12H19ClN2S/c1-9-10(2)16-12(14-9)8-15(7-6-13)11-4-3-5-11/h11H,3-8H2,1-2H3. The van der Waals surface area contributed by atoms with Crippen molar-refractivity contribution in [1.29, 1.82) is 0 Å². The highest BCUT2D eigenvalue weighted by atomic mass is 35.5. The van der Waals surface area contributed by atoms with Crippen LogP contribution in [0.15, 0.2) is 0 Å². The molecule has 4 heteroatoms. The second-order valence-corrected chi connectivity index (χ2v) is 6.16. The number of aromatic nitrogens is 1. The molecule has 0 atom stereocenters. The Morgan fingerprint density at radius 2 is 2.19 bits per heavy atom. The zero-order valence-corrected chi connectivity index (χ0v) is 11.6. The van der Waals surface area contributed by atoms with Crippen molar-refractivity contribution < 1.29 is 0 Å². The number of hydrogen-bond donors (Lipinski definition) is 0. The van der Waals surface area contributed by atoms with E-state index in [2.05, 4.69) is 23.7 Å². The average Bonchev–Trinajstić information content (AvgIpc) is 2.43. The summed E-state index contributed by atoms with van der Waals surface area (Å²) in [6.07, 6.45) is 4.04. The molecule has 1 aliphatic rings. The number of nitrogens with zero attached hydrogens (tertiary/aromatic N) is 2. The predicted molar refractivity (Wildman–Crippen MR) is 70.4 cm³/mol. The number of thiazole rings is 1. The summed E-state index contributed by atoms with van der Waals surface area (Å²) in [7, 11) is 0. The first-order valence-corrected chi connectivity index (χ1v) is 7.28. The third kappa shape index (κ3) is 2.76.